The average molecular weight is 706 g/mol. The van der Waals surface area contributed by atoms with Gasteiger partial charge in [0.15, 0.2) is 5.82 Å². The van der Waals surface area contributed by atoms with Crippen molar-refractivity contribution in [2.24, 2.45) is 0 Å². The molecule has 4 fully saturated rings. The fourth-order valence-corrected chi connectivity index (χ4v) is 8.58. The highest BCUT2D eigenvalue weighted by Crippen LogP contribution is 2.42. The molecule has 52 heavy (non-hydrogen) atoms. The van der Waals surface area contributed by atoms with Gasteiger partial charge in [0.2, 0.25) is 0 Å². The van der Waals surface area contributed by atoms with Gasteiger partial charge in [0.05, 0.1) is 22.1 Å². The van der Waals surface area contributed by atoms with Crippen LogP contribution in [0, 0.1) is 24.0 Å². The largest absolute Gasteiger partial charge is 0.461 e. The van der Waals surface area contributed by atoms with Crippen LogP contribution in [0.15, 0.2) is 55.0 Å². The second-order valence-corrected chi connectivity index (χ2v) is 14.2. The van der Waals surface area contributed by atoms with Gasteiger partial charge in [-0.1, -0.05) is 12.0 Å². The molecular weight excluding hydrogens is 671 g/mol. The van der Waals surface area contributed by atoms with Crippen molar-refractivity contribution in [2.45, 2.75) is 55.9 Å². The van der Waals surface area contributed by atoms with Crippen molar-refractivity contribution in [1.82, 2.24) is 30.2 Å². The van der Waals surface area contributed by atoms with Crippen molar-refractivity contribution in [3.05, 3.63) is 77.8 Å². The van der Waals surface area contributed by atoms with Crippen LogP contribution in [0.2, 0.25) is 0 Å². The van der Waals surface area contributed by atoms with E-state index in [1.165, 1.54) is 42.9 Å². The number of halogens is 3. The molecule has 1 N–H and O–H groups in total. The number of terminal acetylenes is 1. The van der Waals surface area contributed by atoms with E-state index in [1.54, 1.807) is 12.1 Å². The second kappa shape index (κ2) is 12.7. The molecule has 0 spiro atoms. The van der Waals surface area contributed by atoms with E-state index in [2.05, 4.69) is 36.0 Å². The fraction of sp³-hybridized carbons (Fsp3) is 0.359. The number of carbonyl (C=O) groups is 1. The Bertz CT molecular complexity index is 2270. The molecular formula is C39H34F3N7O3. The van der Waals surface area contributed by atoms with E-state index >= 15 is 8.78 Å². The normalized spacial score (nSPS) is 24.0. The van der Waals surface area contributed by atoms with Crippen molar-refractivity contribution >= 4 is 33.5 Å². The number of nitrogens with one attached hydrogen (secondary N) is 1. The number of pyridine rings is 2. The lowest BCUT2D eigenvalue weighted by atomic mass is 9.95. The molecule has 10 nitrogen and oxygen atoms in total. The number of ether oxygens (including phenoxy) is 2. The monoisotopic (exact) mass is 705 g/mol. The topological polar surface area (TPSA) is 106 Å². The number of nitrogens with zero attached hydrogens (tertiary/aromatic N) is 6. The van der Waals surface area contributed by atoms with Gasteiger partial charge >= 0.3 is 12.0 Å². The Morgan fingerprint density at radius 1 is 1.10 bits per heavy atom. The highest BCUT2D eigenvalue weighted by atomic mass is 19.1. The summed E-state index contributed by atoms with van der Waals surface area (Å²) in [5, 5.41) is 4.63. The number of alkyl halides is 1. The Balaban J connectivity index is 1.18. The van der Waals surface area contributed by atoms with E-state index in [4.69, 9.17) is 20.9 Å². The maximum Gasteiger partial charge on any atom is 0.345 e. The summed E-state index contributed by atoms with van der Waals surface area (Å²) < 4.78 is 59.0. The van der Waals surface area contributed by atoms with Crippen LogP contribution in [-0.4, -0.2) is 87.4 Å². The van der Waals surface area contributed by atoms with Gasteiger partial charge in [0.25, 0.3) is 0 Å². The predicted octanol–water partition coefficient (Wildman–Crippen LogP) is 5.61. The number of benzene rings is 2. The summed E-state index contributed by atoms with van der Waals surface area (Å²) in [4.78, 5) is 35.3. The van der Waals surface area contributed by atoms with Crippen molar-refractivity contribution in [3.63, 3.8) is 0 Å². The number of rotatable bonds is 7. The van der Waals surface area contributed by atoms with Gasteiger partial charge in [-0.15, -0.1) is 6.42 Å². The molecule has 2 unspecified atom stereocenters. The molecule has 9 rings (SSSR count). The lowest BCUT2D eigenvalue weighted by molar-refractivity contribution is 0.0734. The fourth-order valence-electron chi connectivity index (χ4n) is 8.58. The first-order valence-electron chi connectivity index (χ1n) is 17.5. The molecule has 0 aliphatic carbocycles. The van der Waals surface area contributed by atoms with E-state index in [-0.39, 0.29) is 63.7 Å². The Hall–Kier alpha value is -5.32. The highest BCUT2D eigenvalue weighted by molar-refractivity contribution is 6.03. The Labute approximate surface area is 297 Å². The minimum Gasteiger partial charge on any atom is -0.461 e. The van der Waals surface area contributed by atoms with Crippen LogP contribution in [-0.2, 0) is 0 Å². The molecule has 4 saturated heterocycles. The third-order valence-electron chi connectivity index (χ3n) is 10.9. The molecule has 0 radical (unpaired) electrons. The molecule has 13 heteroatoms. The Morgan fingerprint density at radius 2 is 1.94 bits per heavy atom. The molecule has 3 aromatic heterocycles. The van der Waals surface area contributed by atoms with Crippen molar-refractivity contribution in [3.8, 4) is 35.4 Å². The van der Waals surface area contributed by atoms with Crippen LogP contribution in [0.4, 0.5) is 19.0 Å². The number of hydrogen-bond acceptors (Lipinski definition) is 10. The number of fused-ring (bicyclic) bond motifs is 5. The first-order valence-corrected chi connectivity index (χ1v) is 17.5. The molecule has 0 saturated carbocycles. The summed E-state index contributed by atoms with van der Waals surface area (Å²) in [6, 6.07) is 9.31. The molecule has 2 aromatic carbocycles. The van der Waals surface area contributed by atoms with Crippen LogP contribution < -0.4 is 19.7 Å². The third-order valence-corrected chi connectivity index (χ3v) is 10.9. The number of piperazine rings is 1. The van der Waals surface area contributed by atoms with Crippen molar-refractivity contribution in [1.29, 1.82) is 0 Å². The van der Waals surface area contributed by atoms with Crippen molar-refractivity contribution in [2.75, 3.05) is 37.7 Å². The maximum atomic E-state index is 17.2. The Morgan fingerprint density at radius 3 is 2.73 bits per heavy atom. The minimum atomic E-state index is -0.939. The van der Waals surface area contributed by atoms with E-state index in [0.717, 1.165) is 32.2 Å². The van der Waals surface area contributed by atoms with Crippen molar-refractivity contribution < 1.29 is 27.4 Å². The third kappa shape index (κ3) is 5.57. The van der Waals surface area contributed by atoms with E-state index in [0.29, 0.717) is 42.6 Å². The van der Waals surface area contributed by atoms with Gasteiger partial charge in [-0.05, 0) is 67.9 Å². The van der Waals surface area contributed by atoms with Gasteiger partial charge in [-0.2, -0.15) is 9.97 Å². The first kappa shape index (κ1) is 32.6. The smallest absolute Gasteiger partial charge is 0.345 e. The SMILES string of the molecule is C#Cc1c(F)ccc2cc(OC(=O)c3cccnc3)cc(-c3ncc4c(N5CC6CCC(C5)N6)nc(OC[C@@]56CCCN5C[C@H](F)C6)nc4c3F)c12. The summed E-state index contributed by atoms with van der Waals surface area (Å²) in [6.07, 6.45) is 13.4. The van der Waals surface area contributed by atoms with E-state index in [9.17, 15) is 9.18 Å². The van der Waals surface area contributed by atoms with Gasteiger partial charge in [-0.25, -0.2) is 18.0 Å². The standard InChI is InChI=1S/C39H34F3N7O3/c1-2-28-31(41)9-6-22-13-27(52-37(50)23-5-3-11-43-16-23)14-29(32(22)28)34-33(42)35-30(17-44-34)36(48-19-25-7-8-26(20-48)45-25)47-38(46-35)51-21-39-10-4-12-49(39)18-24(40)15-39/h1,3,5-6,9,11,13-14,16-17,24-26,45H,4,7-8,10,12,15,18-21H2/t24-,25?,26?,39+/m1/s1. The van der Waals surface area contributed by atoms with Crippen LogP contribution in [0.25, 0.3) is 32.9 Å². The van der Waals surface area contributed by atoms with Crippen LogP contribution in [0.5, 0.6) is 11.8 Å². The lowest BCUT2D eigenvalue weighted by Crippen LogP contribution is -2.51. The average Bonchev–Trinajstić information content (AvgIpc) is 3.80. The first-order chi connectivity index (χ1) is 25.3. The van der Waals surface area contributed by atoms with Gasteiger partial charge in [-0.3, -0.25) is 14.9 Å². The zero-order chi connectivity index (χ0) is 35.6. The van der Waals surface area contributed by atoms with Gasteiger partial charge in [0.1, 0.15) is 41.4 Å². The number of esters is 1. The maximum absolute atomic E-state index is 17.2. The quantitative estimate of drug-likeness (QED) is 0.131. The summed E-state index contributed by atoms with van der Waals surface area (Å²) >= 11 is 0. The summed E-state index contributed by atoms with van der Waals surface area (Å²) in [6.45, 7) is 2.65. The Kier molecular flexibility index (Phi) is 7.97. The number of hydrogen-bond donors (Lipinski definition) is 1. The summed E-state index contributed by atoms with van der Waals surface area (Å²) in [7, 11) is 0. The van der Waals surface area contributed by atoms with Gasteiger partial charge < -0.3 is 19.7 Å². The zero-order valence-corrected chi connectivity index (χ0v) is 28.1. The molecule has 4 aliphatic rings. The van der Waals surface area contributed by atoms with Crippen LogP contribution in [0.3, 0.4) is 0 Å². The van der Waals surface area contributed by atoms with E-state index < -0.39 is 29.3 Å². The molecule has 0 amide bonds. The molecule has 4 atom stereocenters. The molecule has 4 aliphatic heterocycles. The molecule has 264 valence electrons. The molecule has 2 bridgehead atoms. The van der Waals surface area contributed by atoms with Crippen LogP contribution >= 0.6 is 0 Å². The number of aromatic nitrogens is 4. The summed E-state index contributed by atoms with van der Waals surface area (Å²) in [5.41, 5.74) is -0.452. The minimum absolute atomic E-state index is 0.0210. The van der Waals surface area contributed by atoms with Crippen LogP contribution in [0.1, 0.15) is 48.0 Å². The summed E-state index contributed by atoms with van der Waals surface area (Å²) in [5.74, 6) is 0.797. The predicted molar refractivity (Wildman–Crippen MR) is 188 cm³/mol. The number of carbonyl (C=O) groups excluding carboxylic acids is 1. The lowest BCUT2D eigenvalue weighted by Gasteiger charge is -2.34. The molecule has 7 heterocycles. The highest BCUT2D eigenvalue weighted by Gasteiger charge is 2.49. The zero-order valence-electron chi connectivity index (χ0n) is 28.1. The van der Waals surface area contributed by atoms with Gasteiger partial charge in [0, 0.05) is 67.7 Å². The van der Waals surface area contributed by atoms with E-state index in [1.807, 2.05) is 0 Å². The number of anilines is 1. The molecule has 5 aromatic rings. The second-order valence-electron chi connectivity index (χ2n) is 14.2.